The third-order valence-corrected chi connectivity index (χ3v) is 2.12. The number of carboxylic acid groups (broad SMARTS) is 2. The van der Waals surface area contributed by atoms with Gasteiger partial charge in [0.2, 0.25) is 0 Å². The number of aromatic carboxylic acids is 1. The lowest BCUT2D eigenvalue weighted by Gasteiger charge is -2.10. The molecule has 0 heterocycles. The van der Waals surface area contributed by atoms with Crippen LogP contribution in [0.1, 0.15) is 27.6 Å². The summed E-state index contributed by atoms with van der Waals surface area (Å²) in [5.41, 5.74) is -0.226. The molecule has 1 aromatic carbocycles. The lowest BCUT2D eigenvalue weighted by Crippen LogP contribution is -2.38. The fourth-order valence-electron chi connectivity index (χ4n) is 1.20. The molecule has 1 aromatic rings. The first-order chi connectivity index (χ1) is 7.93. The van der Waals surface area contributed by atoms with Crippen molar-refractivity contribution >= 4 is 17.8 Å². The van der Waals surface area contributed by atoms with E-state index in [2.05, 4.69) is 5.32 Å². The van der Waals surface area contributed by atoms with Gasteiger partial charge in [-0.2, -0.15) is 0 Å². The minimum absolute atomic E-state index is 0.0619. The van der Waals surface area contributed by atoms with Crippen molar-refractivity contribution in [2.75, 3.05) is 0 Å². The number of carbonyl (C=O) groups excluding carboxylic acids is 1. The molecule has 0 bridgehead atoms. The molecule has 6 heteroatoms. The average molecular weight is 237 g/mol. The van der Waals surface area contributed by atoms with Gasteiger partial charge in [-0.25, -0.2) is 4.79 Å². The Kier molecular flexibility index (Phi) is 3.82. The number of carbonyl (C=O) groups is 3. The van der Waals surface area contributed by atoms with E-state index in [-0.39, 0.29) is 11.1 Å². The van der Waals surface area contributed by atoms with Gasteiger partial charge in [-0.1, -0.05) is 12.1 Å². The summed E-state index contributed by atoms with van der Waals surface area (Å²) in [4.78, 5) is 33.1. The van der Waals surface area contributed by atoms with E-state index < -0.39 is 23.9 Å². The summed E-state index contributed by atoms with van der Waals surface area (Å²) in [5.74, 6) is -3.15. The summed E-state index contributed by atoms with van der Waals surface area (Å²) in [5, 5.41) is 19.7. The van der Waals surface area contributed by atoms with Gasteiger partial charge in [-0.3, -0.25) is 9.59 Å². The molecule has 0 fully saturated rings. The van der Waals surface area contributed by atoms with Gasteiger partial charge in [0.15, 0.2) is 0 Å². The van der Waals surface area contributed by atoms with E-state index in [0.717, 1.165) is 0 Å². The fraction of sp³-hybridized carbons (Fsp3) is 0.182. The number of nitrogens with one attached hydrogen (secondary N) is 1. The second-order valence-electron chi connectivity index (χ2n) is 3.38. The smallest absolute Gasteiger partial charge is 0.336 e. The summed E-state index contributed by atoms with van der Waals surface area (Å²) in [6, 6.07) is 4.52. The van der Waals surface area contributed by atoms with Crippen molar-refractivity contribution in [3.63, 3.8) is 0 Å². The number of aliphatic carboxylic acids is 1. The van der Waals surface area contributed by atoms with Crippen LogP contribution in [0.2, 0.25) is 0 Å². The molecule has 0 saturated heterocycles. The van der Waals surface area contributed by atoms with Gasteiger partial charge in [-0.05, 0) is 19.1 Å². The van der Waals surface area contributed by atoms with E-state index in [1.165, 1.54) is 31.2 Å². The van der Waals surface area contributed by atoms with Crippen molar-refractivity contribution < 1.29 is 24.6 Å². The van der Waals surface area contributed by atoms with Crippen LogP contribution in [0, 0.1) is 0 Å². The second-order valence-corrected chi connectivity index (χ2v) is 3.38. The van der Waals surface area contributed by atoms with Crippen LogP contribution in [0.5, 0.6) is 0 Å². The van der Waals surface area contributed by atoms with Crippen molar-refractivity contribution in [1.82, 2.24) is 5.32 Å². The zero-order valence-electron chi connectivity index (χ0n) is 9.01. The number of hydrogen-bond acceptors (Lipinski definition) is 3. The summed E-state index contributed by atoms with van der Waals surface area (Å²) >= 11 is 0. The zero-order chi connectivity index (χ0) is 13.0. The van der Waals surface area contributed by atoms with Gasteiger partial charge in [0.1, 0.15) is 6.04 Å². The van der Waals surface area contributed by atoms with Crippen molar-refractivity contribution in [1.29, 1.82) is 0 Å². The minimum atomic E-state index is -1.24. The van der Waals surface area contributed by atoms with Gasteiger partial charge in [0.25, 0.3) is 5.91 Å². The Morgan fingerprint density at radius 1 is 1.12 bits per heavy atom. The molecule has 0 aliphatic heterocycles. The Bertz CT molecular complexity index is 469. The molecule has 1 atom stereocenters. The van der Waals surface area contributed by atoms with Gasteiger partial charge >= 0.3 is 11.9 Å². The topological polar surface area (TPSA) is 104 Å². The minimum Gasteiger partial charge on any atom is -0.480 e. The summed E-state index contributed by atoms with van der Waals surface area (Å²) in [7, 11) is 0. The van der Waals surface area contributed by atoms with Crippen LogP contribution in [0.25, 0.3) is 0 Å². The Hall–Kier alpha value is -2.37. The lowest BCUT2D eigenvalue weighted by atomic mass is 10.1. The second kappa shape index (κ2) is 5.11. The van der Waals surface area contributed by atoms with E-state index in [4.69, 9.17) is 10.2 Å². The van der Waals surface area contributed by atoms with Crippen LogP contribution in [-0.4, -0.2) is 34.1 Å². The van der Waals surface area contributed by atoms with Gasteiger partial charge in [-0.15, -0.1) is 0 Å². The van der Waals surface area contributed by atoms with Gasteiger partial charge < -0.3 is 15.5 Å². The van der Waals surface area contributed by atoms with Gasteiger partial charge in [0, 0.05) is 0 Å². The molecule has 0 radical (unpaired) electrons. The highest BCUT2D eigenvalue weighted by Crippen LogP contribution is 2.08. The molecule has 17 heavy (non-hydrogen) atoms. The lowest BCUT2D eigenvalue weighted by molar-refractivity contribution is -0.138. The first kappa shape index (κ1) is 12.7. The summed E-state index contributed by atoms with van der Waals surface area (Å²) in [6.45, 7) is 1.30. The van der Waals surface area contributed by atoms with Gasteiger partial charge in [0.05, 0.1) is 11.1 Å². The maximum absolute atomic E-state index is 11.6. The molecule has 6 nitrogen and oxygen atoms in total. The summed E-state index contributed by atoms with van der Waals surface area (Å²) in [6.07, 6.45) is 0. The Morgan fingerprint density at radius 2 is 1.65 bits per heavy atom. The monoisotopic (exact) mass is 237 g/mol. The average Bonchev–Trinajstić information content (AvgIpc) is 2.28. The molecular weight excluding hydrogens is 226 g/mol. The highest BCUT2D eigenvalue weighted by Gasteiger charge is 2.19. The molecular formula is C11H11NO5. The number of hydrogen-bond donors (Lipinski definition) is 3. The predicted molar refractivity (Wildman–Crippen MR) is 58.0 cm³/mol. The van der Waals surface area contributed by atoms with E-state index in [0.29, 0.717) is 0 Å². The zero-order valence-corrected chi connectivity index (χ0v) is 9.01. The quantitative estimate of drug-likeness (QED) is 0.710. The van der Waals surface area contributed by atoms with Crippen LogP contribution in [0.15, 0.2) is 24.3 Å². The predicted octanol–water partition coefficient (Wildman–Crippen LogP) is 0.588. The molecule has 0 aromatic heterocycles. The van der Waals surface area contributed by atoms with Crippen LogP contribution >= 0.6 is 0 Å². The standard InChI is InChI=1S/C11H11NO5/c1-6(10(14)15)12-9(13)7-4-2-3-5-8(7)11(16)17/h2-6H,1H3,(H,12,13)(H,14,15)(H,16,17)/t6-/m0/s1. The molecule has 0 spiro atoms. The number of carboxylic acids is 2. The van der Waals surface area contributed by atoms with Crippen LogP contribution < -0.4 is 5.32 Å². The first-order valence-corrected chi connectivity index (χ1v) is 4.79. The molecule has 90 valence electrons. The van der Waals surface area contributed by atoms with Crippen molar-refractivity contribution in [2.45, 2.75) is 13.0 Å². The SMILES string of the molecule is C[C@H](NC(=O)c1ccccc1C(=O)O)C(=O)O. The van der Waals surface area contributed by atoms with Crippen LogP contribution in [0.3, 0.4) is 0 Å². The molecule has 0 aliphatic rings. The molecule has 3 N–H and O–H groups in total. The number of amides is 1. The van der Waals surface area contributed by atoms with E-state index in [1.54, 1.807) is 0 Å². The third-order valence-electron chi connectivity index (χ3n) is 2.12. The fourth-order valence-corrected chi connectivity index (χ4v) is 1.20. The highest BCUT2D eigenvalue weighted by atomic mass is 16.4. The Labute approximate surface area is 96.9 Å². The molecule has 0 unspecified atom stereocenters. The highest BCUT2D eigenvalue weighted by molar-refractivity contribution is 6.05. The number of rotatable bonds is 4. The third kappa shape index (κ3) is 3.04. The van der Waals surface area contributed by atoms with Crippen LogP contribution in [-0.2, 0) is 4.79 Å². The van der Waals surface area contributed by atoms with E-state index in [1.807, 2.05) is 0 Å². The normalized spacial score (nSPS) is 11.6. The molecule has 0 aliphatic carbocycles. The van der Waals surface area contributed by atoms with E-state index >= 15 is 0 Å². The number of benzene rings is 1. The molecule has 1 rings (SSSR count). The largest absolute Gasteiger partial charge is 0.480 e. The molecule has 0 saturated carbocycles. The Morgan fingerprint density at radius 3 is 2.12 bits per heavy atom. The van der Waals surface area contributed by atoms with E-state index in [9.17, 15) is 14.4 Å². The van der Waals surface area contributed by atoms with Crippen molar-refractivity contribution in [3.8, 4) is 0 Å². The maximum atomic E-state index is 11.6. The van der Waals surface area contributed by atoms with Crippen LogP contribution in [0.4, 0.5) is 0 Å². The van der Waals surface area contributed by atoms with Crippen molar-refractivity contribution in [2.24, 2.45) is 0 Å². The van der Waals surface area contributed by atoms with Crippen molar-refractivity contribution in [3.05, 3.63) is 35.4 Å². The first-order valence-electron chi connectivity index (χ1n) is 4.79. The Balaban J connectivity index is 2.97. The molecule has 1 amide bonds. The summed E-state index contributed by atoms with van der Waals surface area (Å²) < 4.78 is 0. The maximum Gasteiger partial charge on any atom is 0.336 e.